The van der Waals surface area contributed by atoms with E-state index in [0.29, 0.717) is 11.8 Å². The molecule has 2 atom stereocenters. The normalized spacial score (nSPS) is 22.1. The highest BCUT2D eigenvalue weighted by Crippen LogP contribution is 2.22. The molecular weight excluding hydrogens is 202 g/mol. The molecule has 0 aromatic rings. The van der Waals surface area contributed by atoms with Gasteiger partial charge >= 0.3 is 5.97 Å². The smallest absolute Gasteiger partial charge is 0.323 e. The third-order valence-corrected chi connectivity index (χ3v) is 2.98. The van der Waals surface area contributed by atoms with Gasteiger partial charge in [0.25, 0.3) is 0 Å². The number of carbonyl (C=O) groups excluding carboxylic acids is 1. The number of nitrogens with one attached hydrogen (secondary N) is 1. The summed E-state index contributed by atoms with van der Waals surface area (Å²) >= 11 is 0. The van der Waals surface area contributed by atoms with Crippen LogP contribution in [0.15, 0.2) is 12.2 Å². The predicted molar refractivity (Wildman–Crippen MR) is 65.1 cm³/mol. The van der Waals surface area contributed by atoms with Gasteiger partial charge < -0.3 is 10.1 Å². The van der Waals surface area contributed by atoms with Crippen LogP contribution in [0.1, 0.15) is 33.1 Å². The molecule has 3 heteroatoms. The van der Waals surface area contributed by atoms with Crippen molar-refractivity contribution in [1.82, 2.24) is 5.32 Å². The van der Waals surface area contributed by atoms with Crippen molar-refractivity contribution in [2.24, 2.45) is 11.8 Å². The minimum Gasteiger partial charge on any atom is -0.468 e. The molecule has 3 nitrogen and oxygen atoms in total. The first-order chi connectivity index (χ1) is 7.65. The Morgan fingerprint density at radius 3 is 2.75 bits per heavy atom. The van der Waals surface area contributed by atoms with Crippen LogP contribution in [0.4, 0.5) is 0 Å². The van der Waals surface area contributed by atoms with Gasteiger partial charge in [0, 0.05) is 0 Å². The third-order valence-electron chi connectivity index (χ3n) is 2.98. The van der Waals surface area contributed by atoms with Gasteiger partial charge in [0.05, 0.1) is 7.11 Å². The van der Waals surface area contributed by atoms with Gasteiger partial charge in [-0.05, 0) is 37.6 Å². The highest BCUT2D eigenvalue weighted by Gasteiger charge is 2.28. The molecule has 0 aromatic carbocycles. The van der Waals surface area contributed by atoms with Gasteiger partial charge in [-0.25, -0.2) is 0 Å². The fraction of sp³-hybridized carbons (Fsp3) is 0.769. The van der Waals surface area contributed by atoms with Crippen molar-refractivity contribution >= 4 is 5.97 Å². The topological polar surface area (TPSA) is 38.3 Å². The zero-order chi connectivity index (χ0) is 12.0. The number of rotatable bonds is 5. The monoisotopic (exact) mass is 225 g/mol. The van der Waals surface area contributed by atoms with Crippen molar-refractivity contribution in [2.75, 3.05) is 13.7 Å². The van der Waals surface area contributed by atoms with Gasteiger partial charge in [0.2, 0.25) is 0 Å². The summed E-state index contributed by atoms with van der Waals surface area (Å²) in [7, 11) is 1.46. The lowest BCUT2D eigenvalue weighted by Crippen LogP contribution is -2.45. The number of methoxy groups -OCH3 is 1. The minimum absolute atomic E-state index is 0.124. The lowest BCUT2D eigenvalue weighted by atomic mass is 9.87. The summed E-state index contributed by atoms with van der Waals surface area (Å²) in [5, 5.41) is 3.33. The average Bonchev–Trinajstić information content (AvgIpc) is 2.30. The summed E-state index contributed by atoms with van der Waals surface area (Å²) in [5.74, 6) is 0.809. The maximum Gasteiger partial charge on any atom is 0.323 e. The Morgan fingerprint density at radius 1 is 1.50 bits per heavy atom. The second kappa shape index (κ2) is 6.69. The Bertz CT molecular complexity index is 248. The number of hydrogen-bond donors (Lipinski definition) is 1. The molecule has 1 aliphatic rings. The van der Waals surface area contributed by atoms with E-state index in [1.807, 2.05) is 0 Å². The zero-order valence-corrected chi connectivity index (χ0v) is 10.5. The van der Waals surface area contributed by atoms with Gasteiger partial charge in [-0.2, -0.15) is 0 Å². The van der Waals surface area contributed by atoms with Crippen LogP contribution in [-0.4, -0.2) is 25.7 Å². The average molecular weight is 225 g/mol. The van der Waals surface area contributed by atoms with Crippen LogP contribution in [0.3, 0.4) is 0 Å². The van der Waals surface area contributed by atoms with E-state index in [4.69, 9.17) is 4.74 Å². The predicted octanol–water partition coefficient (Wildman–Crippen LogP) is 2.13. The second-order valence-electron chi connectivity index (χ2n) is 4.85. The molecule has 1 rings (SSSR count). The fourth-order valence-electron chi connectivity index (χ4n) is 2.05. The van der Waals surface area contributed by atoms with Crippen LogP contribution in [0.25, 0.3) is 0 Å². The van der Waals surface area contributed by atoms with E-state index >= 15 is 0 Å². The van der Waals surface area contributed by atoms with Crippen molar-refractivity contribution in [3.63, 3.8) is 0 Å². The number of hydrogen-bond acceptors (Lipinski definition) is 3. The Morgan fingerprint density at radius 2 is 2.25 bits per heavy atom. The maximum atomic E-state index is 11.7. The quantitative estimate of drug-likeness (QED) is 0.575. The molecule has 16 heavy (non-hydrogen) atoms. The number of carbonyl (C=O) groups is 1. The molecular formula is C13H23NO2. The minimum atomic E-state index is -0.141. The maximum absolute atomic E-state index is 11.7. The highest BCUT2D eigenvalue weighted by atomic mass is 16.5. The first-order valence-electron chi connectivity index (χ1n) is 6.11. The van der Waals surface area contributed by atoms with Crippen molar-refractivity contribution in [3.8, 4) is 0 Å². The van der Waals surface area contributed by atoms with Gasteiger partial charge in [0.15, 0.2) is 0 Å². The van der Waals surface area contributed by atoms with E-state index in [1.165, 1.54) is 7.11 Å². The number of esters is 1. The van der Waals surface area contributed by atoms with Crippen LogP contribution < -0.4 is 5.32 Å². The zero-order valence-electron chi connectivity index (χ0n) is 10.5. The van der Waals surface area contributed by atoms with Crippen molar-refractivity contribution in [2.45, 2.75) is 39.2 Å². The standard InChI is InChI=1S/C13H23NO2/c1-10(2)9-14-12(13(15)16-3)11-7-5-4-6-8-11/h4-5,10-12,14H,6-9H2,1-3H3. The van der Waals surface area contributed by atoms with E-state index in [1.54, 1.807) is 0 Å². The molecule has 92 valence electrons. The van der Waals surface area contributed by atoms with E-state index < -0.39 is 0 Å². The summed E-state index contributed by atoms with van der Waals surface area (Å²) in [4.78, 5) is 11.7. The lowest BCUT2D eigenvalue weighted by Gasteiger charge is -2.27. The molecule has 1 N–H and O–H groups in total. The van der Waals surface area contributed by atoms with Crippen LogP contribution in [-0.2, 0) is 9.53 Å². The summed E-state index contributed by atoms with van der Waals surface area (Å²) in [5.41, 5.74) is 0. The molecule has 2 unspecified atom stereocenters. The third kappa shape index (κ3) is 3.97. The summed E-state index contributed by atoms with van der Waals surface area (Å²) in [6, 6.07) is -0.141. The largest absolute Gasteiger partial charge is 0.468 e. The van der Waals surface area contributed by atoms with Crippen molar-refractivity contribution in [1.29, 1.82) is 0 Å². The van der Waals surface area contributed by atoms with Crippen molar-refractivity contribution in [3.05, 3.63) is 12.2 Å². The second-order valence-corrected chi connectivity index (χ2v) is 4.85. The number of ether oxygens (including phenoxy) is 1. The molecule has 0 bridgehead atoms. The Labute approximate surface area is 98.2 Å². The lowest BCUT2D eigenvalue weighted by molar-refractivity contribution is -0.144. The SMILES string of the molecule is COC(=O)C(NCC(C)C)C1CC=CCC1. The van der Waals surface area contributed by atoms with Gasteiger partial charge in [-0.3, -0.25) is 4.79 Å². The first kappa shape index (κ1) is 13.2. The van der Waals surface area contributed by atoms with E-state index in [-0.39, 0.29) is 12.0 Å². The van der Waals surface area contributed by atoms with Crippen LogP contribution in [0.5, 0.6) is 0 Å². The number of allylic oxidation sites excluding steroid dienone is 2. The summed E-state index contributed by atoms with van der Waals surface area (Å²) < 4.78 is 4.87. The first-order valence-corrected chi connectivity index (χ1v) is 6.11. The van der Waals surface area contributed by atoms with Crippen molar-refractivity contribution < 1.29 is 9.53 Å². The molecule has 0 aromatic heterocycles. The Hall–Kier alpha value is -0.830. The molecule has 1 aliphatic carbocycles. The highest BCUT2D eigenvalue weighted by molar-refractivity contribution is 5.76. The van der Waals surface area contributed by atoms with Crippen LogP contribution in [0, 0.1) is 11.8 Å². The molecule has 0 aliphatic heterocycles. The molecule has 0 radical (unpaired) electrons. The Balaban J connectivity index is 2.55. The Kier molecular flexibility index (Phi) is 5.53. The van der Waals surface area contributed by atoms with Gasteiger partial charge in [-0.1, -0.05) is 26.0 Å². The van der Waals surface area contributed by atoms with Gasteiger partial charge in [0.1, 0.15) is 6.04 Å². The molecule has 0 fully saturated rings. The molecule has 0 amide bonds. The van der Waals surface area contributed by atoms with Crippen LogP contribution >= 0.6 is 0 Å². The molecule has 0 saturated heterocycles. The summed E-state index contributed by atoms with van der Waals surface area (Å²) in [6.45, 7) is 5.14. The van der Waals surface area contributed by atoms with E-state index in [0.717, 1.165) is 25.8 Å². The van der Waals surface area contributed by atoms with Gasteiger partial charge in [-0.15, -0.1) is 0 Å². The van der Waals surface area contributed by atoms with E-state index in [2.05, 4.69) is 31.3 Å². The van der Waals surface area contributed by atoms with E-state index in [9.17, 15) is 4.79 Å². The van der Waals surface area contributed by atoms with Crippen LogP contribution in [0.2, 0.25) is 0 Å². The molecule has 0 spiro atoms. The molecule has 0 heterocycles. The molecule has 0 saturated carbocycles. The fourth-order valence-corrected chi connectivity index (χ4v) is 2.05. The summed E-state index contributed by atoms with van der Waals surface area (Å²) in [6.07, 6.45) is 7.47.